The van der Waals surface area contributed by atoms with Gasteiger partial charge in [0.2, 0.25) is 18.0 Å². The molecule has 14 heteroatoms. The molecule has 0 bridgehead atoms. The van der Waals surface area contributed by atoms with Crippen LogP contribution in [-0.4, -0.2) is 69.7 Å². The number of amides is 1. The first kappa shape index (κ1) is 25.4. The fourth-order valence-corrected chi connectivity index (χ4v) is 4.67. The number of carboxylic acid groups (broad SMARTS) is 2. The third-order valence-electron chi connectivity index (χ3n) is 6.27. The van der Waals surface area contributed by atoms with E-state index in [0.717, 1.165) is 0 Å². The molecule has 2 fully saturated rings. The van der Waals surface area contributed by atoms with Crippen molar-refractivity contribution >= 4 is 17.8 Å². The molecule has 32 heavy (non-hydrogen) atoms. The van der Waals surface area contributed by atoms with Gasteiger partial charge in [-0.1, -0.05) is 0 Å². The minimum Gasteiger partial charge on any atom is -0.481 e. The number of hydroxylamine groups is 1. The molecule has 0 aliphatic heterocycles. The Balaban J connectivity index is 1.82. The summed E-state index contributed by atoms with van der Waals surface area (Å²) < 4.78 is 0. The Morgan fingerprint density at radius 3 is 2.00 bits per heavy atom. The Morgan fingerprint density at radius 1 is 0.875 bits per heavy atom. The van der Waals surface area contributed by atoms with Crippen molar-refractivity contribution in [3.63, 3.8) is 0 Å². The van der Waals surface area contributed by atoms with Crippen LogP contribution in [0.2, 0.25) is 0 Å². The summed E-state index contributed by atoms with van der Waals surface area (Å²) in [5.74, 6) is -7.21. The number of aliphatic carboxylic acids is 2. The molecule has 0 aromatic rings. The maximum absolute atomic E-state index is 12.5. The van der Waals surface area contributed by atoms with Gasteiger partial charge in [0.25, 0.3) is 0 Å². The van der Waals surface area contributed by atoms with Crippen molar-refractivity contribution < 1.29 is 39.3 Å². The van der Waals surface area contributed by atoms with E-state index in [-0.39, 0.29) is 39.0 Å². The lowest BCUT2D eigenvalue weighted by atomic mass is 9.75. The van der Waals surface area contributed by atoms with Crippen LogP contribution in [-0.2, 0) is 19.2 Å². The minimum atomic E-state index is -1.28. The summed E-state index contributed by atoms with van der Waals surface area (Å²) >= 11 is 0. The number of nitro groups is 2. The summed E-state index contributed by atoms with van der Waals surface area (Å²) in [6, 6.07) is -2.29. The second kappa shape index (κ2) is 11.7. The average molecular weight is 460 g/mol. The molecule has 6 unspecified atom stereocenters. The number of rotatable bonds is 11. The van der Waals surface area contributed by atoms with Crippen molar-refractivity contribution in [1.29, 1.82) is 0 Å². The van der Waals surface area contributed by atoms with Gasteiger partial charge in [-0.2, -0.15) is 0 Å². The van der Waals surface area contributed by atoms with E-state index in [2.05, 4.69) is 10.8 Å². The van der Waals surface area contributed by atoms with Crippen molar-refractivity contribution in [3.05, 3.63) is 20.2 Å². The fourth-order valence-electron chi connectivity index (χ4n) is 4.67. The van der Waals surface area contributed by atoms with Crippen molar-refractivity contribution in [2.24, 2.45) is 23.7 Å². The van der Waals surface area contributed by atoms with E-state index in [1.165, 1.54) is 0 Å². The van der Waals surface area contributed by atoms with Crippen molar-refractivity contribution in [2.45, 2.75) is 50.6 Å². The van der Waals surface area contributed by atoms with Crippen LogP contribution in [0.15, 0.2) is 0 Å². The number of hydrogen-bond donors (Lipinski definition) is 4. The zero-order chi connectivity index (χ0) is 23.8. The van der Waals surface area contributed by atoms with Crippen molar-refractivity contribution in [3.8, 4) is 0 Å². The highest BCUT2D eigenvalue weighted by Crippen LogP contribution is 2.33. The number of nitrogens with one attached hydrogen (secondary N) is 2. The molecule has 6 atom stereocenters. The third kappa shape index (κ3) is 6.32. The molecule has 0 aromatic heterocycles. The molecule has 0 saturated heterocycles. The fraction of sp³-hybridized carbons (Fsp3) is 0.833. The number of carbonyl (C=O) groups excluding carboxylic acids is 1. The average Bonchev–Trinajstić information content (AvgIpc) is 2.74. The van der Waals surface area contributed by atoms with Gasteiger partial charge in [-0.05, 0) is 25.7 Å². The highest BCUT2D eigenvalue weighted by Gasteiger charge is 2.48. The summed E-state index contributed by atoms with van der Waals surface area (Å²) in [4.78, 5) is 61.9. The molecular weight excluding hydrogens is 432 g/mol. The lowest BCUT2D eigenvalue weighted by Crippen LogP contribution is -2.50. The van der Waals surface area contributed by atoms with Crippen LogP contribution >= 0.6 is 0 Å². The maximum atomic E-state index is 12.5. The zero-order valence-corrected chi connectivity index (χ0v) is 17.4. The number of nitrogens with zero attached hydrogens (tertiary/aromatic N) is 2. The van der Waals surface area contributed by atoms with E-state index in [1.807, 2.05) is 0 Å². The van der Waals surface area contributed by atoms with Crippen molar-refractivity contribution in [1.82, 2.24) is 10.8 Å². The summed E-state index contributed by atoms with van der Waals surface area (Å²) in [6.07, 6.45) is 1.70. The van der Waals surface area contributed by atoms with Crippen molar-refractivity contribution in [2.75, 3.05) is 19.7 Å². The molecule has 0 radical (unpaired) electrons. The Kier molecular flexibility index (Phi) is 9.26. The Hall–Kier alpha value is -2.87. The van der Waals surface area contributed by atoms with Gasteiger partial charge >= 0.3 is 11.9 Å². The highest BCUT2D eigenvalue weighted by atomic mass is 16.6. The van der Waals surface area contributed by atoms with Crippen LogP contribution in [0.3, 0.4) is 0 Å². The summed E-state index contributed by atoms with van der Waals surface area (Å²) in [6.45, 7) is -0.200. The largest absolute Gasteiger partial charge is 0.481 e. The minimum absolute atomic E-state index is 0.0300. The predicted molar refractivity (Wildman–Crippen MR) is 105 cm³/mol. The molecule has 2 aliphatic rings. The highest BCUT2D eigenvalue weighted by molar-refractivity contribution is 5.85. The monoisotopic (exact) mass is 460 g/mol. The van der Waals surface area contributed by atoms with Gasteiger partial charge in [-0.15, -0.1) is 0 Å². The van der Waals surface area contributed by atoms with Gasteiger partial charge in [0, 0.05) is 35.8 Å². The summed E-state index contributed by atoms with van der Waals surface area (Å²) in [5, 5.41) is 43.6. The van der Waals surface area contributed by atoms with E-state index in [4.69, 9.17) is 4.84 Å². The van der Waals surface area contributed by atoms with Crippen LogP contribution in [0.5, 0.6) is 0 Å². The molecule has 2 aliphatic carbocycles. The molecular formula is C18H28N4O10. The van der Waals surface area contributed by atoms with Gasteiger partial charge in [0.1, 0.15) is 5.92 Å². The zero-order valence-electron chi connectivity index (χ0n) is 17.4. The van der Waals surface area contributed by atoms with Crippen LogP contribution in [0.1, 0.15) is 38.5 Å². The van der Waals surface area contributed by atoms with Crippen LogP contribution < -0.4 is 10.8 Å². The van der Waals surface area contributed by atoms with Crippen LogP contribution in [0.25, 0.3) is 0 Å². The molecule has 180 valence electrons. The topological polar surface area (TPSA) is 211 Å². The second-order valence-electron chi connectivity index (χ2n) is 8.14. The predicted octanol–water partition coefficient (Wildman–Crippen LogP) is -0.0838. The molecule has 14 nitrogen and oxygen atoms in total. The van der Waals surface area contributed by atoms with E-state index in [9.17, 15) is 44.8 Å². The number of hydrogen-bond acceptors (Lipinski definition) is 9. The summed E-state index contributed by atoms with van der Waals surface area (Å²) in [5.41, 5.74) is 2.50. The van der Waals surface area contributed by atoms with Gasteiger partial charge in [-0.25, -0.2) is 5.48 Å². The first-order valence-electron chi connectivity index (χ1n) is 10.5. The normalized spacial score (nSPS) is 30.2. The first-order valence-corrected chi connectivity index (χ1v) is 10.5. The maximum Gasteiger partial charge on any atom is 0.307 e. The van der Waals surface area contributed by atoms with E-state index in [0.29, 0.717) is 19.3 Å². The smallest absolute Gasteiger partial charge is 0.307 e. The van der Waals surface area contributed by atoms with Gasteiger partial charge in [0.15, 0.2) is 0 Å². The number of carbonyl (C=O) groups is 3. The molecule has 2 rings (SSSR count). The molecule has 0 heterocycles. The van der Waals surface area contributed by atoms with E-state index in [1.54, 1.807) is 0 Å². The van der Waals surface area contributed by atoms with Gasteiger partial charge in [-0.3, -0.25) is 34.6 Å². The van der Waals surface area contributed by atoms with Crippen LogP contribution in [0, 0.1) is 43.9 Å². The first-order chi connectivity index (χ1) is 15.1. The third-order valence-corrected chi connectivity index (χ3v) is 6.27. The lowest BCUT2D eigenvalue weighted by molar-refractivity contribution is -0.538. The van der Waals surface area contributed by atoms with E-state index < -0.39 is 63.4 Å². The Morgan fingerprint density at radius 2 is 1.44 bits per heavy atom. The van der Waals surface area contributed by atoms with Gasteiger partial charge in [0.05, 0.1) is 24.4 Å². The molecule has 4 N–H and O–H groups in total. The molecule has 1 amide bonds. The summed E-state index contributed by atoms with van der Waals surface area (Å²) in [7, 11) is 0. The van der Waals surface area contributed by atoms with E-state index >= 15 is 0 Å². The Labute approximate surface area is 182 Å². The quantitative estimate of drug-likeness (QED) is 0.182. The standard InChI is InChI=1S/C18H28N4O10/c23-16(15-11(18(26)27)4-2-6-14(15)22(30)31)19-7-8-20-32-9-12-10(17(24)25)3-1-5-13(12)21(28)29/h10-15,20H,1-9H2,(H,19,23)(H,24,25)(H,26,27). The van der Waals surface area contributed by atoms with Crippen LogP contribution in [0.4, 0.5) is 0 Å². The molecule has 0 aromatic carbocycles. The van der Waals surface area contributed by atoms with Gasteiger partial charge < -0.3 is 20.4 Å². The molecule has 2 saturated carbocycles. The Bertz CT molecular complexity index is 689. The molecule has 0 spiro atoms. The second-order valence-corrected chi connectivity index (χ2v) is 8.14. The number of carboxylic acids is 2. The SMILES string of the molecule is O=C(O)C1CCCC([N+](=O)[O-])C1CONCCNC(=O)C1C(C(=O)O)CCCC1[N+](=O)[O-]. The lowest BCUT2D eigenvalue weighted by Gasteiger charge is -2.30.